The van der Waals surface area contributed by atoms with Crippen molar-refractivity contribution >= 4 is 15.7 Å². The standard InChI is InChI=1S/C16H24N2O2S/c1-13-7-3-2-4-12-18(13)21(19,20)16-10-5-9-15-14(16)8-6-11-17-15/h5,9-10,13,17H,2-4,6-8,11-12H2,1H3. The van der Waals surface area contributed by atoms with Crippen LogP contribution in [0.3, 0.4) is 0 Å². The van der Waals surface area contributed by atoms with Crippen LogP contribution in [0.2, 0.25) is 0 Å². The number of benzene rings is 1. The molecule has 5 heteroatoms. The van der Waals surface area contributed by atoms with Crippen LogP contribution in [0.5, 0.6) is 0 Å². The third-order valence-corrected chi connectivity index (χ3v) is 6.73. The molecule has 0 aromatic heterocycles. The zero-order valence-electron chi connectivity index (χ0n) is 12.6. The van der Waals surface area contributed by atoms with E-state index in [1.807, 2.05) is 19.1 Å². The molecule has 1 saturated heterocycles. The molecule has 3 rings (SSSR count). The van der Waals surface area contributed by atoms with Crippen LogP contribution < -0.4 is 5.32 Å². The van der Waals surface area contributed by atoms with Crippen molar-refractivity contribution in [2.45, 2.75) is 56.4 Å². The minimum atomic E-state index is -3.38. The van der Waals surface area contributed by atoms with E-state index < -0.39 is 10.0 Å². The average Bonchev–Trinajstić information content (AvgIpc) is 2.71. The highest BCUT2D eigenvalue weighted by Crippen LogP contribution is 2.32. The Labute approximate surface area is 127 Å². The minimum absolute atomic E-state index is 0.102. The molecule has 0 amide bonds. The van der Waals surface area contributed by atoms with Crippen LogP contribution in [0, 0.1) is 0 Å². The van der Waals surface area contributed by atoms with Gasteiger partial charge in [-0.15, -0.1) is 0 Å². The van der Waals surface area contributed by atoms with E-state index in [4.69, 9.17) is 0 Å². The van der Waals surface area contributed by atoms with Gasteiger partial charge in [-0.25, -0.2) is 8.42 Å². The molecule has 0 saturated carbocycles. The number of nitrogens with one attached hydrogen (secondary N) is 1. The molecule has 0 radical (unpaired) electrons. The molecule has 2 heterocycles. The Morgan fingerprint density at radius 2 is 2.05 bits per heavy atom. The predicted octanol–water partition coefficient (Wildman–Crippen LogP) is 3.00. The summed E-state index contributed by atoms with van der Waals surface area (Å²) in [6.45, 7) is 3.62. The lowest BCUT2D eigenvalue weighted by atomic mass is 10.0. The summed E-state index contributed by atoms with van der Waals surface area (Å²) in [6.07, 6.45) is 6.03. The Morgan fingerprint density at radius 3 is 2.90 bits per heavy atom. The molecule has 0 aliphatic carbocycles. The second kappa shape index (κ2) is 5.97. The van der Waals surface area contributed by atoms with Crippen LogP contribution >= 0.6 is 0 Å². The van der Waals surface area contributed by atoms with Crippen LogP contribution in [0.1, 0.15) is 44.6 Å². The predicted molar refractivity (Wildman–Crippen MR) is 85.1 cm³/mol. The zero-order chi connectivity index (χ0) is 14.9. The average molecular weight is 308 g/mol. The fourth-order valence-corrected chi connectivity index (χ4v) is 5.43. The number of nitrogens with zero attached hydrogens (tertiary/aromatic N) is 1. The van der Waals surface area contributed by atoms with E-state index in [2.05, 4.69) is 5.32 Å². The van der Waals surface area contributed by atoms with Crippen molar-refractivity contribution in [1.29, 1.82) is 0 Å². The topological polar surface area (TPSA) is 49.4 Å². The van der Waals surface area contributed by atoms with Crippen molar-refractivity contribution < 1.29 is 8.42 Å². The summed E-state index contributed by atoms with van der Waals surface area (Å²) in [5.41, 5.74) is 1.96. The van der Waals surface area contributed by atoms with E-state index in [1.165, 1.54) is 0 Å². The summed E-state index contributed by atoms with van der Waals surface area (Å²) < 4.78 is 28.0. The summed E-state index contributed by atoms with van der Waals surface area (Å²) in [6, 6.07) is 5.72. The molecule has 1 unspecified atom stereocenters. The van der Waals surface area contributed by atoms with Gasteiger partial charge in [0.15, 0.2) is 0 Å². The number of fused-ring (bicyclic) bond motifs is 1. The molecule has 0 spiro atoms. The van der Waals surface area contributed by atoms with E-state index in [0.717, 1.165) is 56.3 Å². The van der Waals surface area contributed by atoms with Gasteiger partial charge in [0, 0.05) is 24.8 Å². The first-order valence-electron chi connectivity index (χ1n) is 7.98. The Bertz CT molecular complexity index is 613. The molecular weight excluding hydrogens is 284 g/mol. The van der Waals surface area contributed by atoms with Crippen molar-refractivity contribution in [3.63, 3.8) is 0 Å². The minimum Gasteiger partial charge on any atom is -0.385 e. The molecule has 1 aromatic carbocycles. The largest absolute Gasteiger partial charge is 0.385 e. The number of anilines is 1. The fourth-order valence-electron chi connectivity index (χ4n) is 3.45. The van der Waals surface area contributed by atoms with Crippen LogP contribution in [0.25, 0.3) is 0 Å². The highest BCUT2D eigenvalue weighted by Gasteiger charge is 2.32. The van der Waals surface area contributed by atoms with Crippen molar-refractivity contribution in [2.24, 2.45) is 0 Å². The number of rotatable bonds is 2. The van der Waals surface area contributed by atoms with Gasteiger partial charge in [0.05, 0.1) is 4.90 Å². The lowest BCUT2D eigenvalue weighted by Crippen LogP contribution is -2.38. The maximum Gasteiger partial charge on any atom is 0.243 e. The van der Waals surface area contributed by atoms with Gasteiger partial charge in [-0.2, -0.15) is 4.31 Å². The van der Waals surface area contributed by atoms with Gasteiger partial charge in [-0.3, -0.25) is 0 Å². The summed E-state index contributed by atoms with van der Waals surface area (Å²) in [5, 5.41) is 3.32. The van der Waals surface area contributed by atoms with E-state index >= 15 is 0 Å². The first kappa shape index (κ1) is 14.9. The smallest absolute Gasteiger partial charge is 0.243 e. The Balaban J connectivity index is 2.01. The summed E-state index contributed by atoms with van der Waals surface area (Å²) in [7, 11) is -3.38. The monoisotopic (exact) mass is 308 g/mol. The number of hydrogen-bond acceptors (Lipinski definition) is 3. The molecule has 0 bridgehead atoms. The van der Waals surface area contributed by atoms with Crippen LogP contribution in [0.15, 0.2) is 23.1 Å². The second-order valence-corrected chi connectivity index (χ2v) is 7.99. The maximum atomic E-state index is 13.1. The fraction of sp³-hybridized carbons (Fsp3) is 0.625. The third kappa shape index (κ3) is 2.81. The van der Waals surface area contributed by atoms with Crippen molar-refractivity contribution in [1.82, 2.24) is 4.31 Å². The normalized spacial score (nSPS) is 24.0. The van der Waals surface area contributed by atoms with E-state index in [0.29, 0.717) is 11.4 Å². The molecular formula is C16H24N2O2S. The van der Waals surface area contributed by atoms with Gasteiger partial charge in [0.1, 0.15) is 0 Å². The molecule has 21 heavy (non-hydrogen) atoms. The first-order chi connectivity index (χ1) is 10.1. The van der Waals surface area contributed by atoms with Gasteiger partial charge in [0.2, 0.25) is 10.0 Å². The molecule has 116 valence electrons. The molecule has 1 fully saturated rings. The van der Waals surface area contributed by atoms with Gasteiger partial charge in [-0.1, -0.05) is 18.9 Å². The molecule has 1 atom stereocenters. The molecule has 4 nitrogen and oxygen atoms in total. The van der Waals surface area contributed by atoms with Crippen LogP contribution in [0.4, 0.5) is 5.69 Å². The molecule has 2 aliphatic heterocycles. The third-order valence-electron chi connectivity index (χ3n) is 4.63. The Hall–Kier alpha value is -1.07. The molecule has 1 aromatic rings. The Kier molecular flexibility index (Phi) is 4.22. The highest BCUT2D eigenvalue weighted by atomic mass is 32.2. The summed E-state index contributed by atoms with van der Waals surface area (Å²) in [4.78, 5) is 0.515. The van der Waals surface area contributed by atoms with Crippen molar-refractivity contribution in [3.8, 4) is 0 Å². The van der Waals surface area contributed by atoms with E-state index in [-0.39, 0.29) is 6.04 Å². The lowest BCUT2D eigenvalue weighted by molar-refractivity contribution is 0.341. The first-order valence-corrected chi connectivity index (χ1v) is 9.42. The maximum absolute atomic E-state index is 13.1. The molecule has 1 N–H and O–H groups in total. The van der Waals surface area contributed by atoms with Crippen LogP contribution in [-0.4, -0.2) is 31.9 Å². The van der Waals surface area contributed by atoms with Crippen LogP contribution in [-0.2, 0) is 16.4 Å². The van der Waals surface area contributed by atoms with Gasteiger partial charge in [-0.05, 0) is 50.3 Å². The second-order valence-electron chi connectivity index (χ2n) is 6.13. The van der Waals surface area contributed by atoms with Crippen molar-refractivity contribution in [3.05, 3.63) is 23.8 Å². The summed E-state index contributed by atoms with van der Waals surface area (Å²) >= 11 is 0. The highest BCUT2D eigenvalue weighted by molar-refractivity contribution is 7.89. The van der Waals surface area contributed by atoms with Gasteiger partial charge < -0.3 is 5.32 Å². The Morgan fingerprint density at radius 1 is 1.19 bits per heavy atom. The quantitative estimate of drug-likeness (QED) is 0.913. The number of sulfonamides is 1. The SMILES string of the molecule is CC1CCCCCN1S(=O)(=O)c1cccc2c1CCCN2. The van der Waals surface area contributed by atoms with E-state index in [9.17, 15) is 8.42 Å². The number of hydrogen-bond donors (Lipinski definition) is 1. The van der Waals surface area contributed by atoms with Crippen molar-refractivity contribution in [2.75, 3.05) is 18.4 Å². The lowest BCUT2D eigenvalue weighted by Gasteiger charge is -2.29. The summed E-state index contributed by atoms with van der Waals surface area (Å²) in [5.74, 6) is 0. The van der Waals surface area contributed by atoms with E-state index in [1.54, 1.807) is 10.4 Å². The molecule has 2 aliphatic rings. The zero-order valence-corrected chi connectivity index (χ0v) is 13.5. The van der Waals surface area contributed by atoms with Gasteiger partial charge in [0.25, 0.3) is 0 Å². The van der Waals surface area contributed by atoms with Gasteiger partial charge >= 0.3 is 0 Å².